The van der Waals surface area contributed by atoms with Crippen molar-refractivity contribution in [3.05, 3.63) is 34.6 Å². The molecule has 0 saturated carbocycles. The molecule has 0 atom stereocenters. The Morgan fingerprint density at radius 1 is 1.35 bits per heavy atom. The fourth-order valence-electron chi connectivity index (χ4n) is 1.15. The number of sulfonamides is 1. The van der Waals surface area contributed by atoms with Crippen molar-refractivity contribution in [3.8, 4) is 0 Å². The standard InChI is InChI=1S/C9H8BrN3O3S/c1-6-11-12-9(16-6)13-17(14,15)8-4-2-3-7(10)5-8/h2-5H,1H3,(H,12,13). The Kier molecular flexibility index (Phi) is 3.16. The highest BCUT2D eigenvalue weighted by Gasteiger charge is 2.17. The minimum absolute atomic E-state index is 0.114. The maximum Gasteiger partial charge on any atom is 0.329 e. The van der Waals surface area contributed by atoms with E-state index in [1.54, 1.807) is 19.1 Å². The van der Waals surface area contributed by atoms with Crippen LogP contribution in [0.2, 0.25) is 0 Å². The van der Waals surface area contributed by atoms with Gasteiger partial charge in [0.2, 0.25) is 5.89 Å². The molecule has 90 valence electrons. The number of anilines is 1. The zero-order valence-electron chi connectivity index (χ0n) is 8.71. The first-order valence-electron chi connectivity index (χ1n) is 4.56. The van der Waals surface area contributed by atoms with E-state index in [9.17, 15) is 8.42 Å². The summed E-state index contributed by atoms with van der Waals surface area (Å²) in [5.74, 6) is 0.289. The van der Waals surface area contributed by atoms with Gasteiger partial charge in [-0.15, -0.1) is 5.10 Å². The Balaban J connectivity index is 2.31. The van der Waals surface area contributed by atoms with Crippen LogP contribution in [0.5, 0.6) is 0 Å². The number of aryl methyl sites for hydroxylation is 1. The second kappa shape index (κ2) is 4.46. The zero-order valence-corrected chi connectivity index (χ0v) is 11.1. The van der Waals surface area contributed by atoms with Crippen molar-refractivity contribution in [2.75, 3.05) is 4.72 Å². The largest absolute Gasteiger partial charge is 0.408 e. The molecule has 0 aliphatic carbocycles. The topological polar surface area (TPSA) is 85.1 Å². The molecule has 1 heterocycles. The van der Waals surface area contributed by atoms with Crippen LogP contribution in [0.15, 0.2) is 38.1 Å². The third-order valence-corrected chi connectivity index (χ3v) is 3.67. The van der Waals surface area contributed by atoms with E-state index in [2.05, 4.69) is 30.8 Å². The summed E-state index contributed by atoms with van der Waals surface area (Å²) >= 11 is 3.20. The molecule has 0 unspecified atom stereocenters. The van der Waals surface area contributed by atoms with Gasteiger partial charge in [-0.1, -0.05) is 27.1 Å². The lowest BCUT2D eigenvalue weighted by Crippen LogP contribution is -2.13. The van der Waals surface area contributed by atoms with Gasteiger partial charge in [0.1, 0.15) is 0 Å². The summed E-state index contributed by atoms with van der Waals surface area (Å²) < 4.78 is 31.6. The first kappa shape index (κ1) is 12.1. The third-order valence-electron chi connectivity index (χ3n) is 1.85. The fourth-order valence-corrected chi connectivity index (χ4v) is 2.67. The second-order valence-electron chi connectivity index (χ2n) is 3.19. The van der Waals surface area contributed by atoms with Gasteiger partial charge in [0.15, 0.2) is 0 Å². The average molecular weight is 318 g/mol. The van der Waals surface area contributed by atoms with Crippen molar-refractivity contribution in [2.24, 2.45) is 0 Å². The minimum atomic E-state index is -3.70. The highest BCUT2D eigenvalue weighted by Crippen LogP contribution is 2.18. The number of hydrogen-bond donors (Lipinski definition) is 1. The number of nitrogens with one attached hydrogen (secondary N) is 1. The lowest BCUT2D eigenvalue weighted by atomic mass is 10.4. The first-order chi connectivity index (χ1) is 7.97. The Morgan fingerprint density at radius 2 is 2.12 bits per heavy atom. The number of nitrogens with zero attached hydrogens (tertiary/aromatic N) is 2. The smallest absolute Gasteiger partial charge is 0.329 e. The van der Waals surface area contributed by atoms with Crippen LogP contribution in [0.3, 0.4) is 0 Å². The predicted octanol–water partition coefficient (Wildman–Crippen LogP) is 1.94. The Hall–Kier alpha value is -1.41. The SMILES string of the molecule is Cc1nnc(NS(=O)(=O)c2cccc(Br)c2)o1. The highest BCUT2D eigenvalue weighted by molar-refractivity contribution is 9.10. The van der Waals surface area contributed by atoms with Gasteiger partial charge in [0.05, 0.1) is 4.90 Å². The molecule has 6 nitrogen and oxygen atoms in total. The van der Waals surface area contributed by atoms with Gasteiger partial charge in [-0.2, -0.15) is 0 Å². The Labute approximate surface area is 106 Å². The molecule has 0 aliphatic heterocycles. The Bertz CT molecular complexity index is 638. The summed E-state index contributed by atoms with van der Waals surface area (Å²) in [4.78, 5) is 0.114. The van der Waals surface area contributed by atoms with E-state index >= 15 is 0 Å². The third kappa shape index (κ3) is 2.83. The van der Waals surface area contributed by atoms with Crippen molar-refractivity contribution in [1.29, 1.82) is 0 Å². The highest BCUT2D eigenvalue weighted by atomic mass is 79.9. The molecule has 0 spiro atoms. The molecule has 1 N–H and O–H groups in total. The molecule has 0 amide bonds. The maximum atomic E-state index is 11.9. The summed E-state index contributed by atoms with van der Waals surface area (Å²) in [5, 5.41) is 7.09. The van der Waals surface area contributed by atoms with Crippen LogP contribution in [0.4, 0.5) is 6.01 Å². The van der Waals surface area contributed by atoms with Crippen LogP contribution in [0.25, 0.3) is 0 Å². The number of halogens is 1. The number of hydrogen-bond acceptors (Lipinski definition) is 5. The van der Waals surface area contributed by atoms with Crippen LogP contribution < -0.4 is 4.72 Å². The van der Waals surface area contributed by atoms with Gasteiger partial charge < -0.3 is 4.42 Å². The van der Waals surface area contributed by atoms with E-state index in [0.717, 1.165) is 0 Å². The van der Waals surface area contributed by atoms with Crippen LogP contribution >= 0.6 is 15.9 Å². The minimum Gasteiger partial charge on any atom is -0.408 e. The van der Waals surface area contributed by atoms with Crippen LogP contribution in [-0.4, -0.2) is 18.6 Å². The summed E-state index contributed by atoms with van der Waals surface area (Å²) in [6.07, 6.45) is 0. The van der Waals surface area contributed by atoms with Gasteiger partial charge in [-0.25, -0.2) is 13.1 Å². The van der Waals surface area contributed by atoms with Gasteiger partial charge in [0.25, 0.3) is 10.0 Å². The summed E-state index contributed by atoms with van der Waals surface area (Å²) in [6.45, 7) is 1.57. The first-order valence-corrected chi connectivity index (χ1v) is 6.83. The molecule has 2 rings (SSSR count). The van der Waals surface area contributed by atoms with Gasteiger partial charge in [0, 0.05) is 11.4 Å². The molecule has 0 bridgehead atoms. The van der Waals surface area contributed by atoms with Gasteiger partial charge in [-0.3, -0.25) is 0 Å². The van der Waals surface area contributed by atoms with E-state index in [-0.39, 0.29) is 16.8 Å². The number of aromatic nitrogens is 2. The summed E-state index contributed by atoms with van der Waals surface area (Å²) in [5.41, 5.74) is 0. The number of benzene rings is 1. The molecular weight excluding hydrogens is 310 g/mol. The molecule has 17 heavy (non-hydrogen) atoms. The predicted molar refractivity (Wildman–Crippen MR) is 64.0 cm³/mol. The molecule has 0 saturated heterocycles. The molecular formula is C9H8BrN3O3S. The molecule has 0 radical (unpaired) electrons. The average Bonchev–Trinajstić information content (AvgIpc) is 2.63. The molecule has 0 aliphatic rings. The van der Waals surface area contributed by atoms with Crippen molar-refractivity contribution >= 4 is 32.0 Å². The Morgan fingerprint density at radius 3 is 2.71 bits per heavy atom. The monoisotopic (exact) mass is 317 g/mol. The normalized spacial score (nSPS) is 11.4. The van der Waals surface area contributed by atoms with Crippen molar-refractivity contribution < 1.29 is 12.8 Å². The van der Waals surface area contributed by atoms with Gasteiger partial charge in [-0.05, 0) is 18.2 Å². The van der Waals surface area contributed by atoms with E-state index in [4.69, 9.17) is 4.42 Å². The van der Waals surface area contributed by atoms with Crippen molar-refractivity contribution in [3.63, 3.8) is 0 Å². The summed E-state index contributed by atoms with van der Waals surface area (Å²) in [6, 6.07) is 6.15. The lowest BCUT2D eigenvalue weighted by Gasteiger charge is -2.03. The van der Waals surface area contributed by atoms with Crippen molar-refractivity contribution in [2.45, 2.75) is 11.8 Å². The zero-order chi connectivity index (χ0) is 12.5. The van der Waals surface area contributed by atoms with Gasteiger partial charge >= 0.3 is 6.01 Å². The van der Waals surface area contributed by atoms with E-state index in [1.807, 2.05) is 0 Å². The maximum absolute atomic E-state index is 11.9. The van der Waals surface area contributed by atoms with Crippen LogP contribution in [0.1, 0.15) is 5.89 Å². The quantitative estimate of drug-likeness (QED) is 0.935. The van der Waals surface area contributed by atoms with Crippen LogP contribution in [-0.2, 0) is 10.0 Å². The summed E-state index contributed by atoms with van der Waals surface area (Å²) in [7, 11) is -3.70. The van der Waals surface area contributed by atoms with Crippen molar-refractivity contribution in [1.82, 2.24) is 10.2 Å². The van der Waals surface area contributed by atoms with Crippen LogP contribution in [0, 0.1) is 6.92 Å². The molecule has 1 aromatic carbocycles. The van der Waals surface area contributed by atoms with E-state index in [0.29, 0.717) is 4.47 Å². The fraction of sp³-hybridized carbons (Fsp3) is 0.111. The lowest BCUT2D eigenvalue weighted by molar-refractivity contribution is 0.534. The number of rotatable bonds is 3. The molecule has 0 fully saturated rings. The second-order valence-corrected chi connectivity index (χ2v) is 5.79. The van der Waals surface area contributed by atoms with E-state index < -0.39 is 10.0 Å². The molecule has 2 aromatic rings. The molecule has 8 heteroatoms. The molecule has 1 aromatic heterocycles. The van der Waals surface area contributed by atoms with E-state index in [1.165, 1.54) is 12.1 Å².